The summed E-state index contributed by atoms with van der Waals surface area (Å²) in [4.78, 5) is 2.21. The van der Waals surface area contributed by atoms with Gasteiger partial charge in [-0.2, -0.15) is 0 Å². The first-order valence-corrected chi connectivity index (χ1v) is 7.01. The van der Waals surface area contributed by atoms with Gasteiger partial charge < -0.3 is 4.90 Å². The van der Waals surface area contributed by atoms with Crippen LogP contribution in [0.2, 0.25) is 0 Å². The molecule has 3 rings (SSSR count). The first-order chi connectivity index (χ1) is 10.2. The van der Waals surface area contributed by atoms with Crippen LogP contribution >= 0.6 is 0 Å². The van der Waals surface area contributed by atoms with E-state index in [1.165, 1.54) is 5.56 Å². The molecule has 3 aromatic carbocycles. The summed E-state index contributed by atoms with van der Waals surface area (Å²) in [5, 5.41) is 0. The molecule has 0 aliphatic rings. The van der Waals surface area contributed by atoms with Crippen molar-refractivity contribution in [3.8, 4) is 0 Å². The molecule has 0 aliphatic carbocycles. The van der Waals surface area contributed by atoms with Gasteiger partial charge in [0, 0.05) is 17.1 Å². The Bertz CT molecular complexity index is 692. The van der Waals surface area contributed by atoms with Crippen LogP contribution in [0.15, 0.2) is 78.9 Å². The summed E-state index contributed by atoms with van der Waals surface area (Å²) in [6.07, 6.45) is 0. The van der Waals surface area contributed by atoms with Crippen molar-refractivity contribution in [3.63, 3.8) is 0 Å². The Labute approximate surface area is 127 Å². The lowest BCUT2D eigenvalue weighted by Crippen LogP contribution is -2.12. The van der Waals surface area contributed by atoms with E-state index in [1.807, 2.05) is 36.4 Å². The molecule has 0 saturated heterocycles. The highest BCUT2D eigenvalue weighted by Crippen LogP contribution is 2.33. The summed E-state index contributed by atoms with van der Waals surface area (Å²) in [6.45, 7) is 2.10. The minimum atomic E-state index is 0.765. The van der Waals surface area contributed by atoms with Crippen molar-refractivity contribution in [2.45, 2.75) is 6.92 Å². The summed E-state index contributed by atoms with van der Waals surface area (Å²) in [7, 11) is 5.96. The van der Waals surface area contributed by atoms with Crippen LogP contribution in [0.25, 0.3) is 0 Å². The van der Waals surface area contributed by atoms with Crippen molar-refractivity contribution in [1.82, 2.24) is 0 Å². The Balaban J connectivity index is 2.16. The molecule has 0 fully saturated rings. The zero-order valence-electron chi connectivity index (χ0n) is 12.0. The molecule has 2 heteroatoms. The van der Waals surface area contributed by atoms with Crippen LogP contribution in [0.3, 0.4) is 0 Å². The zero-order chi connectivity index (χ0) is 14.7. The second kappa shape index (κ2) is 5.88. The summed E-state index contributed by atoms with van der Waals surface area (Å²) in [6, 6.07) is 26.8. The summed E-state index contributed by atoms with van der Waals surface area (Å²) >= 11 is 0. The fourth-order valence-electron chi connectivity index (χ4n) is 2.46. The fourth-order valence-corrected chi connectivity index (χ4v) is 2.46. The van der Waals surface area contributed by atoms with Crippen molar-refractivity contribution in [2.75, 3.05) is 4.90 Å². The second-order valence-corrected chi connectivity index (χ2v) is 5.10. The van der Waals surface area contributed by atoms with Crippen molar-refractivity contribution in [2.24, 2.45) is 0 Å². The Morgan fingerprint density at radius 1 is 0.667 bits per heavy atom. The van der Waals surface area contributed by atoms with Gasteiger partial charge in [0.1, 0.15) is 7.85 Å². The van der Waals surface area contributed by atoms with Crippen LogP contribution in [0.1, 0.15) is 5.56 Å². The Morgan fingerprint density at radius 2 is 1.29 bits per heavy atom. The van der Waals surface area contributed by atoms with Crippen molar-refractivity contribution < 1.29 is 0 Å². The number of aryl methyl sites for hydroxylation is 1. The summed E-state index contributed by atoms with van der Waals surface area (Å²) < 4.78 is 0. The lowest BCUT2D eigenvalue weighted by Gasteiger charge is -2.26. The topological polar surface area (TPSA) is 3.24 Å². The third-order valence-electron chi connectivity index (χ3n) is 3.40. The molecule has 0 spiro atoms. The van der Waals surface area contributed by atoms with Gasteiger partial charge in [-0.3, -0.25) is 0 Å². The number of anilines is 3. The maximum atomic E-state index is 5.96. The maximum Gasteiger partial charge on any atom is 0.113 e. The summed E-state index contributed by atoms with van der Waals surface area (Å²) in [5.41, 5.74) is 5.31. The number of benzene rings is 3. The fraction of sp³-hybridized carbons (Fsp3) is 0.0526. The molecule has 3 aromatic rings. The van der Waals surface area contributed by atoms with Gasteiger partial charge in [0.25, 0.3) is 0 Å². The van der Waals surface area contributed by atoms with Crippen LogP contribution in [0.5, 0.6) is 0 Å². The predicted molar refractivity (Wildman–Crippen MR) is 91.3 cm³/mol. The van der Waals surface area contributed by atoms with Gasteiger partial charge in [-0.25, -0.2) is 0 Å². The first-order valence-electron chi connectivity index (χ1n) is 7.01. The quantitative estimate of drug-likeness (QED) is 0.642. The van der Waals surface area contributed by atoms with E-state index in [-0.39, 0.29) is 0 Å². The van der Waals surface area contributed by atoms with E-state index >= 15 is 0 Å². The van der Waals surface area contributed by atoms with E-state index in [0.29, 0.717) is 0 Å². The third-order valence-corrected chi connectivity index (χ3v) is 3.40. The molecular weight excluding hydrogens is 253 g/mol. The number of nitrogens with zero attached hydrogens (tertiary/aromatic N) is 1. The van der Waals surface area contributed by atoms with Crippen molar-refractivity contribution in [1.29, 1.82) is 0 Å². The molecule has 0 aliphatic heterocycles. The Kier molecular flexibility index (Phi) is 3.78. The van der Waals surface area contributed by atoms with Crippen molar-refractivity contribution in [3.05, 3.63) is 84.4 Å². The third kappa shape index (κ3) is 3.00. The molecule has 21 heavy (non-hydrogen) atoms. The number of hydrogen-bond donors (Lipinski definition) is 0. The molecule has 100 valence electrons. The minimum Gasteiger partial charge on any atom is -0.311 e. The van der Waals surface area contributed by atoms with Gasteiger partial charge in [0.2, 0.25) is 0 Å². The molecule has 0 unspecified atom stereocenters. The smallest absolute Gasteiger partial charge is 0.113 e. The Morgan fingerprint density at radius 3 is 1.95 bits per heavy atom. The van der Waals surface area contributed by atoms with E-state index in [2.05, 4.69) is 54.3 Å². The van der Waals surface area contributed by atoms with Gasteiger partial charge >= 0.3 is 0 Å². The highest BCUT2D eigenvalue weighted by molar-refractivity contribution is 6.32. The molecule has 0 N–H and O–H groups in total. The maximum absolute atomic E-state index is 5.96. The van der Waals surface area contributed by atoms with Crippen LogP contribution in [-0.4, -0.2) is 7.85 Å². The highest BCUT2D eigenvalue weighted by atomic mass is 15.1. The van der Waals surface area contributed by atoms with Gasteiger partial charge in [-0.1, -0.05) is 47.9 Å². The van der Waals surface area contributed by atoms with Gasteiger partial charge in [0.05, 0.1) is 0 Å². The van der Waals surface area contributed by atoms with E-state index in [9.17, 15) is 0 Å². The molecule has 0 aromatic heterocycles. The number of rotatable bonds is 3. The number of hydrogen-bond acceptors (Lipinski definition) is 1. The second-order valence-electron chi connectivity index (χ2n) is 5.10. The molecular formula is C19H16BN. The standard InChI is InChI=1S/C19H16BN/c1-15-7-5-11-18(13-15)21(17-9-3-2-4-10-17)19-12-6-8-16(20)14-19/h2-14H,1H3. The lowest BCUT2D eigenvalue weighted by molar-refractivity contribution is 1.27. The molecule has 2 radical (unpaired) electrons. The molecule has 0 heterocycles. The molecule has 1 nitrogen and oxygen atoms in total. The first kappa shape index (κ1) is 13.5. The molecule has 0 atom stereocenters. The van der Waals surface area contributed by atoms with Crippen LogP contribution in [0, 0.1) is 6.92 Å². The van der Waals surface area contributed by atoms with E-state index in [0.717, 1.165) is 22.5 Å². The Hall–Kier alpha value is -2.48. The normalized spacial score (nSPS) is 10.3. The number of para-hydroxylation sites is 1. The molecule has 0 bridgehead atoms. The largest absolute Gasteiger partial charge is 0.311 e. The average molecular weight is 269 g/mol. The van der Waals surface area contributed by atoms with Crippen molar-refractivity contribution >= 4 is 30.4 Å². The highest BCUT2D eigenvalue weighted by Gasteiger charge is 2.11. The zero-order valence-corrected chi connectivity index (χ0v) is 12.0. The van der Waals surface area contributed by atoms with Crippen LogP contribution in [-0.2, 0) is 0 Å². The van der Waals surface area contributed by atoms with Crippen LogP contribution in [0.4, 0.5) is 17.1 Å². The lowest BCUT2D eigenvalue weighted by atomic mass is 9.95. The van der Waals surface area contributed by atoms with E-state index < -0.39 is 0 Å². The molecule has 0 saturated carbocycles. The van der Waals surface area contributed by atoms with Crippen LogP contribution < -0.4 is 10.4 Å². The average Bonchev–Trinajstić information content (AvgIpc) is 2.49. The van der Waals surface area contributed by atoms with E-state index in [1.54, 1.807) is 0 Å². The van der Waals surface area contributed by atoms with Gasteiger partial charge in [-0.15, -0.1) is 0 Å². The van der Waals surface area contributed by atoms with Gasteiger partial charge in [0.15, 0.2) is 0 Å². The minimum absolute atomic E-state index is 0.765. The van der Waals surface area contributed by atoms with Gasteiger partial charge in [-0.05, 0) is 48.9 Å². The molecule has 0 amide bonds. The summed E-state index contributed by atoms with van der Waals surface area (Å²) in [5.74, 6) is 0. The van der Waals surface area contributed by atoms with E-state index in [4.69, 9.17) is 7.85 Å². The monoisotopic (exact) mass is 269 g/mol. The predicted octanol–water partition coefficient (Wildman–Crippen LogP) is 4.26. The SMILES string of the molecule is [B]c1cccc(N(c2ccccc2)c2cccc(C)c2)c1.